The Morgan fingerprint density at radius 3 is 2.59 bits per heavy atom. The first-order chi connectivity index (χ1) is 14.1. The second-order valence-electron chi connectivity index (χ2n) is 6.58. The Hall–Kier alpha value is -3.54. The third-order valence-electron chi connectivity index (χ3n) is 4.30. The first-order valence-electron chi connectivity index (χ1n) is 9.43. The van der Waals surface area contributed by atoms with Crippen LogP contribution in [0.4, 0.5) is 5.69 Å². The van der Waals surface area contributed by atoms with Crippen molar-refractivity contribution in [3.8, 4) is 11.5 Å². The smallest absolute Gasteiger partial charge is 0.253 e. The number of carbonyl (C=O) groups excluding carboxylic acids is 1. The molecule has 3 aromatic rings. The van der Waals surface area contributed by atoms with Crippen LogP contribution >= 0.6 is 0 Å². The van der Waals surface area contributed by atoms with Gasteiger partial charge < -0.3 is 20.1 Å². The fourth-order valence-electron chi connectivity index (χ4n) is 2.79. The third-order valence-corrected chi connectivity index (χ3v) is 4.30. The quantitative estimate of drug-likeness (QED) is 0.543. The zero-order valence-corrected chi connectivity index (χ0v) is 16.6. The van der Waals surface area contributed by atoms with E-state index in [9.17, 15) is 4.79 Å². The van der Waals surface area contributed by atoms with Gasteiger partial charge in [-0.3, -0.25) is 9.78 Å². The fourth-order valence-corrected chi connectivity index (χ4v) is 2.79. The Morgan fingerprint density at radius 2 is 1.83 bits per heavy atom. The van der Waals surface area contributed by atoms with E-state index in [2.05, 4.69) is 40.7 Å². The number of nitrogens with zero attached hydrogens (tertiary/aromatic N) is 1. The maximum atomic E-state index is 12.4. The number of amides is 1. The molecular weight excluding hydrogens is 366 g/mol. The van der Waals surface area contributed by atoms with Crippen molar-refractivity contribution in [2.45, 2.75) is 13.5 Å². The summed E-state index contributed by atoms with van der Waals surface area (Å²) in [6.45, 7) is 3.50. The van der Waals surface area contributed by atoms with Crippen molar-refractivity contribution in [1.29, 1.82) is 0 Å². The molecule has 0 saturated heterocycles. The maximum absolute atomic E-state index is 12.4. The van der Waals surface area contributed by atoms with E-state index in [0.717, 1.165) is 17.2 Å². The van der Waals surface area contributed by atoms with Gasteiger partial charge in [-0.15, -0.1) is 0 Å². The lowest BCUT2D eigenvalue weighted by molar-refractivity contribution is 0.0946. The normalized spacial score (nSPS) is 10.3. The lowest BCUT2D eigenvalue weighted by atomic mass is 10.1. The van der Waals surface area contributed by atoms with Crippen LogP contribution in [0.5, 0.6) is 11.5 Å². The van der Waals surface area contributed by atoms with Gasteiger partial charge in [0.2, 0.25) is 0 Å². The van der Waals surface area contributed by atoms with Crippen LogP contribution < -0.4 is 20.1 Å². The van der Waals surface area contributed by atoms with Gasteiger partial charge in [0.05, 0.1) is 24.9 Å². The Morgan fingerprint density at radius 1 is 1.03 bits per heavy atom. The van der Waals surface area contributed by atoms with E-state index >= 15 is 0 Å². The minimum absolute atomic E-state index is 0.185. The van der Waals surface area contributed by atoms with Gasteiger partial charge in [0, 0.05) is 18.9 Å². The SMILES string of the molecule is COc1ccc(OCCNC(=O)c2cncc(NCc3cccc(C)c3)c2)cc1. The van der Waals surface area contributed by atoms with Crippen molar-refractivity contribution < 1.29 is 14.3 Å². The van der Waals surface area contributed by atoms with Crippen LogP contribution in [-0.2, 0) is 6.54 Å². The zero-order chi connectivity index (χ0) is 20.5. The van der Waals surface area contributed by atoms with Gasteiger partial charge in [-0.1, -0.05) is 29.8 Å². The number of carbonyl (C=O) groups is 1. The summed E-state index contributed by atoms with van der Waals surface area (Å²) in [7, 11) is 1.62. The molecule has 0 spiro atoms. The summed E-state index contributed by atoms with van der Waals surface area (Å²) < 4.78 is 10.7. The average molecular weight is 391 g/mol. The predicted octanol–water partition coefficient (Wildman–Crippen LogP) is 3.82. The van der Waals surface area contributed by atoms with E-state index in [0.29, 0.717) is 25.3 Å². The number of anilines is 1. The maximum Gasteiger partial charge on any atom is 0.253 e. The first-order valence-corrected chi connectivity index (χ1v) is 9.43. The van der Waals surface area contributed by atoms with E-state index in [4.69, 9.17) is 9.47 Å². The Labute approximate surface area is 170 Å². The number of benzene rings is 2. The van der Waals surface area contributed by atoms with E-state index < -0.39 is 0 Å². The number of pyridine rings is 1. The molecular formula is C23H25N3O3. The van der Waals surface area contributed by atoms with Gasteiger partial charge in [-0.05, 0) is 42.8 Å². The van der Waals surface area contributed by atoms with E-state index in [1.54, 1.807) is 25.6 Å². The van der Waals surface area contributed by atoms with Gasteiger partial charge in [-0.25, -0.2) is 0 Å². The fraction of sp³-hybridized carbons (Fsp3) is 0.217. The molecule has 0 atom stereocenters. The van der Waals surface area contributed by atoms with Gasteiger partial charge in [0.25, 0.3) is 5.91 Å². The summed E-state index contributed by atoms with van der Waals surface area (Å²) >= 11 is 0. The largest absolute Gasteiger partial charge is 0.497 e. The highest BCUT2D eigenvalue weighted by Gasteiger charge is 2.07. The van der Waals surface area contributed by atoms with Crippen LogP contribution in [0.2, 0.25) is 0 Å². The first kappa shape index (κ1) is 20.2. The minimum atomic E-state index is -0.185. The number of hydrogen-bond acceptors (Lipinski definition) is 5. The Balaban J connectivity index is 1.45. The lowest BCUT2D eigenvalue weighted by Gasteiger charge is -2.10. The predicted molar refractivity (Wildman–Crippen MR) is 114 cm³/mol. The molecule has 1 aromatic heterocycles. The van der Waals surface area contributed by atoms with E-state index in [1.807, 2.05) is 30.3 Å². The number of ether oxygens (including phenoxy) is 2. The summed E-state index contributed by atoms with van der Waals surface area (Å²) in [5.74, 6) is 1.31. The van der Waals surface area contributed by atoms with Crippen molar-refractivity contribution in [1.82, 2.24) is 10.3 Å². The van der Waals surface area contributed by atoms with Crippen LogP contribution in [0, 0.1) is 6.92 Å². The van der Waals surface area contributed by atoms with Crippen molar-refractivity contribution in [3.05, 3.63) is 83.7 Å². The molecule has 1 amide bonds. The number of methoxy groups -OCH3 is 1. The Bertz CT molecular complexity index is 942. The molecule has 0 radical (unpaired) electrons. The van der Waals surface area contributed by atoms with Gasteiger partial charge in [0.1, 0.15) is 18.1 Å². The molecule has 150 valence electrons. The molecule has 0 aliphatic carbocycles. The highest BCUT2D eigenvalue weighted by molar-refractivity contribution is 5.94. The molecule has 0 unspecified atom stereocenters. The van der Waals surface area contributed by atoms with Crippen molar-refractivity contribution >= 4 is 11.6 Å². The molecule has 29 heavy (non-hydrogen) atoms. The van der Waals surface area contributed by atoms with E-state index in [-0.39, 0.29) is 5.91 Å². The number of aryl methyl sites for hydroxylation is 1. The zero-order valence-electron chi connectivity index (χ0n) is 16.6. The number of rotatable bonds is 9. The average Bonchev–Trinajstić information content (AvgIpc) is 2.76. The highest BCUT2D eigenvalue weighted by atomic mass is 16.5. The monoisotopic (exact) mass is 391 g/mol. The van der Waals surface area contributed by atoms with Crippen molar-refractivity contribution in [2.24, 2.45) is 0 Å². The molecule has 2 aromatic carbocycles. The Kier molecular flexibility index (Phi) is 7.05. The van der Waals surface area contributed by atoms with E-state index in [1.165, 1.54) is 11.1 Å². The summed E-state index contributed by atoms with van der Waals surface area (Å²) in [6.07, 6.45) is 3.26. The lowest BCUT2D eigenvalue weighted by Crippen LogP contribution is -2.28. The molecule has 0 aliphatic heterocycles. The van der Waals surface area contributed by atoms with Crippen LogP contribution in [0.15, 0.2) is 67.0 Å². The molecule has 0 aliphatic rings. The van der Waals surface area contributed by atoms with Gasteiger partial charge in [0.15, 0.2) is 0 Å². The van der Waals surface area contributed by atoms with Gasteiger partial charge in [-0.2, -0.15) is 0 Å². The van der Waals surface area contributed by atoms with Crippen LogP contribution in [0.25, 0.3) is 0 Å². The third kappa shape index (κ3) is 6.24. The summed E-state index contributed by atoms with van der Waals surface area (Å²) in [4.78, 5) is 16.5. The van der Waals surface area contributed by atoms with Crippen molar-refractivity contribution in [3.63, 3.8) is 0 Å². The molecule has 6 nitrogen and oxygen atoms in total. The molecule has 2 N–H and O–H groups in total. The van der Waals surface area contributed by atoms with Crippen LogP contribution in [0.3, 0.4) is 0 Å². The number of nitrogens with one attached hydrogen (secondary N) is 2. The number of aromatic nitrogens is 1. The molecule has 1 heterocycles. The molecule has 3 rings (SSSR count). The topological polar surface area (TPSA) is 72.5 Å². The standard InChI is InChI=1S/C23H25N3O3/c1-17-4-3-5-18(12-17)14-26-20-13-19(15-24-16-20)23(27)25-10-11-29-22-8-6-21(28-2)7-9-22/h3-9,12-13,15-16,26H,10-11,14H2,1-2H3,(H,25,27). The summed E-state index contributed by atoms with van der Waals surface area (Å²) in [5, 5.41) is 6.15. The molecule has 0 bridgehead atoms. The highest BCUT2D eigenvalue weighted by Crippen LogP contribution is 2.16. The molecule has 0 fully saturated rings. The van der Waals surface area contributed by atoms with Gasteiger partial charge >= 0.3 is 0 Å². The molecule has 6 heteroatoms. The second-order valence-corrected chi connectivity index (χ2v) is 6.58. The van der Waals surface area contributed by atoms with Crippen LogP contribution in [-0.4, -0.2) is 31.2 Å². The second kappa shape index (κ2) is 10.1. The summed E-state index contributed by atoms with van der Waals surface area (Å²) in [5.41, 5.74) is 3.69. The van der Waals surface area contributed by atoms with Crippen LogP contribution in [0.1, 0.15) is 21.5 Å². The minimum Gasteiger partial charge on any atom is -0.497 e. The summed E-state index contributed by atoms with van der Waals surface area (Å²) in [6, 6.07) is 17.4. The molecule has 0 saturated carbocycles. The van der Waals surface area contributed by atoms with Crippen molar-refractivity contribution in [2.75, 3.05) is 25.6 Å². The number of hydrogen-bond donors (Lipinski definition) is 2.